The molecule has 3 aromatic rings. The molecule has 0 unspecified atom stereocenters. The summed E-state index contributed by atoms with van der Waals surface area (Å²) in [5.41, 5.74) is 5.26. The molecule has 110 valence electrons. The predicted octanol–water partition coefficient (Wildman–Crippen LogP) is 4.62. The number of thiazole rings is 1. The molecule has 0 aliphatic rings. The second kappa shape index (κ2) is 6.60. The molecule has 2 aromatic carbocycles. The van der Waals surface area contributed by atoms with Crippen molar-refractivity contribution < 1.29 is 5.11 Å². The zero-order valence-corrected chi connectivity index (χ0v) is 13.0. The van der Waals surface area contributed by atoms with Gasteiger partial charge in [0, 0.05) is 10.9 Å². The number of hydrogen-bond donors (Lipinski definition) is 2. The average Bonchev–Trinajstić information content (AvgIpc) is 3.00. The Morgan fingerprint density at radius 1 is 1.14 bits per heavy atom. The maximum Gasteiger partial charge on any atom is 0.203 e. The van der Waals surface area contributed by atoms with E-state index in [1.807, 2.05) is 35.7 Å². The van der Waals surface area contributed by atoms with Gasteiger partial charge in [-0.2, -0.15) is 5.10 Å². The second-order valence-electron chi connectivity index (χ2n) is 4.45. The van der Waals surface area contributed by atoms with Gasteiger partial charge in [-0.25, -0.2) is 4.98 Å². The molecule has 0 aliphatic heterocycles. The molecular formula is C16H12ClN3OS. The van der Waals surface area contributed by atoms with E-state index in [1.165, 1.54) is 17.6 Å². The van der Waals surface area contributed by atoms with Crippen molar-refractivity contribution in [2.24, 2.45) is 5.10 Å². The normalized spacial score (nSPS) is 11.0. The fourth-order valence-electron chi connectivity index (χ4n) is 1.87. The van der Waals surface area contributed by atoms with Gasteiger partial charge < -0.3 is 5.11 Å². The van der Waals surface area contributed by atoms with Gasteiger partial charge >= 0.3 is 0 Å². The molecule has 0 saturated carbocycles. The highest BCUT2D eigenvalue weighted by Gasteiger charge is 2.04. The van der Waals surface area contributed by atoms with Crippen LogP contribution in [-0.2, 0) is 0 Å². The van der Waals surface area contributed by atoms with Crippen LogP contribution in [0.5, 0.6) is 5.75 Å². The zero-order chi connectivity index (χ0) is 15.4. The molecule has 4 nitrogen and oxygen atoms in total. The molecule has 0 atom stereocenters. The van der Waals surface area contributed by atoms with E-state index in [1.54, 1.807) is 18.2 Å². The van der Waals surface area contributed by atoms with E-state index in [4.69, 9.17) is 11.6 Å². The van der Waals surface area contributed by atoms with Crippen LogP contribution < -0.4 is 5.43 Å². The highest BCUT2D eigenvalue weighted by molar-refractivity contribution is 7.14. The van der Waals surface area contributed by atoms with Gasteiger partial charge in [0.25, 0.3) is 0 Å². The van der Waals surface area contributed by atoms with Gasteiger partial charge in [0.2, 0.25) is 5.13 Å². The molecule has 2 N–H and O–H groups in total. The first-order valence-electron chi connectivity index (χ1n) is 6.51. The molecule has 0 radical (unpaired) electrons. The minimum Gasteiger partial charge on any atom is -0.507 e. The van der Waals surface area contributed by atoms with Crippen molar-refractivity contribution in [3.63, 3.8) is 0 Å². The monoisotopic (exact) mass is 329 g/mol. The number of anilines is 1. The van der Waals surface area contributed by atoms with E-state index in [-0.39, 0.29) is 5.75 Å². The van der Waals surface area contributed by atoms with E-state index in [9.17, 15) is 5.11 Å². The number of aromatic nitrogens is 1. The summed E-state index contributed by atoms with van der Waals surface area (Å²) in [6, 6.07) is 14.8. The quantitative estimate of drug-likeness (QED) is 0.542. The second-order valence-corrected chi connectivity index (χ2v) is 5.71. The summed E-state index contributed by atoms with van der Waals surface area (Å²) in [5.74, 6) is 0.0853. The van der Waals surface area contributed by atoms with Gasteiger partial charge in [0.1, 0.15) is 5.75 Å². The fourth-order valence-corrected chi connectivity index (χ4v) is 2.76. The van der Waals surface area contributed by atoms with E-state index < -0.39 is 0 Å². The fraction of sp³-hybridized carbons (Fsp3) is 0. The topological polar surface area (TPSA) is 57.5 Å². The summed E-state index contributed by atoms with van der Waals surface area (Å²) in [5, 5.41) is 16.9. The van der Waals surface area contributed by atoms with E-state index in [0.29, 0.717) is 15.7 Å². The van der Waals surface area contributed by atoms with Crippen LogP contribution in [0.25, 0.3) is 11.3 Å². The number of phenolic OH excluding ortho intramolecular Hbond substituents is 1. The summed E-state index contributed by atoms with van der Waals surface area (Å²) in [6.07, 6.45) is 1.47. The Kier molecular flexibility index (Phi) is 4.37. The maximum absolute atomic E-state index is 9.72. The number of phenols is 1. The third-order valence-corrected chi connectivity index (χ3v) is 4.03. The van der Waals surface area contributed by atoms with Crippen molar-refractivity contribution in [3.05, 3.63) is 64.5 Å². The average molecular weight is 330 g/mol. The van der Waals surface area contributed by atoms with Gasteiger partial charge in [-0.3, -0.25) is 5.43 Å². The highest BCUT2D eigenvalue weighted by atomic mass is 35.5. The van der Waals surface area contributed by atoms with Crippen LogP contribution in [0.3, 0.4) is 0 Å². The van der Waals surface area contributed by atoms with Crippen LogP contribution in [-0.4, -0.2) is 16.3 Å². The van der Waals surface area contributed by atoms with Crippen LogP contribution in [0.15, 0.2) is 59.0 Å². The maximum atomic E-state index is 9.72. The van der Waals surface area contributed by atoms with Gasteiger partial charge in [0.15, 0.2) is 0 Å². The molecule has 0 spiro atoms. The minimum atomic E-state index is 0.0853. The van der Waals surface area contributed by atoms with E-state index in [2.05, 4.69) is 15.5 Å². The highest BCUT2D eigenvalue weighted by Crippen LogP contribution is 2.25. The number of nitrogens with zero attached hydrogens (tertiary/aromatic N) is 2. The first-order valence-corrected chi connectivity index (χ1v) is 7.77. The smallest absolute Gasteiger partial charge is 0.203 e. The van der Waals surface area contributed by atoms with Crippen LogP contribution >= 0.6 is 22.9 Å². The van der Waals surface area contributed by atoms with Crippen LogP contribution in [0.2, 0.25) is 5.02 Å². The lowest BCUT2D eigenvalue weighted by Crippen LogP contribution is -1.91. The molecule has 0 amide bonds. The zero-order valence-electron chi connectivity index (χ0n) is 11.4. The van der Waals surface area contributed by atoms with Gasteiger partial charge in [-0.05, 0) is 12.1 Å². The Morgan fingerprint density at radius 3 is 2.73 bits per heavy atom. The molecule has 0 bridgehead atoms. The van der Waals surface area contributed by atoms with Crippen LogP contribution in [0.4, 0.5) is 5.13 Å². The van der Waals surface area contributed by atoms with Crippen molar-refractivity contribution in [3.8, 4) is 17.0 Å². The summed E-state index contributed by atoms with van der Waals surface area (Å²) < 4.78 is 0. The van der Waals surface area contributed by atoms with E-state index in [0.717, 1.165) is 11.3 Å². The first-order chi connectivity index (χ1) is 10.7. The molecule has 22 heavy (non-hydrogen) atoms. The van der Waals surface area contributed by atoms with Crippen LogP contribution in [0, 0.1) is 0 Å². The lowest BCUT2D eigenvalue weighted by Gasteiger charge is -2.00. The third-order valence-electron chi connectivity index (χ3n) is 2.96. The standard InChI is InChI=1S/C16H12ClN3OS/c17-13-7-4-8-15(21)12(13)9-18-20-16-19-14(10-22-16)11-5-2-1-3-6-11/h1-10,21H,(H,19,20). The number of benzene rings is 2. The Labute approximate surface area is 136 Å². The predicted molar refractivity (Wildman–Crippen MR) is 91.9 cm³/mol. The Bertz CT molecular complexity index is 782. The van der Waals surface area contributed by atoms with Crippen molar-refractivity contribution in [1.82, 2.24) is 4.98 Å². The van der Waals surface area contributed by atoms with Crippen molar-refractivity contribution in [2.75, 3.05) is 5.43 Å². The molecular weight excluding hydrogens is 318 g/mol. The Morgan fingerprint density at radius 2 is 1.95 bits per heavy atom. The number of halogens is 1. The number of hydrogen-bond acceptors (Lipinski definition) is 5. The van der Waals surface area contributed by atoms with Crippen molar-refractivity contribution >= 4 is 34.3 Å². The molecule has 0 aliphatic carbocycles. The SMILES string of the molecule is Oc1cccc(Cl)c1C=NNc1nc(-c2ccccc2)cs1. The summed E-state index contributed by atoms with van der Waals surface area (Å²) >= 11 is 7.46. The molecule has 3 rings (SSSR count). The molecule has 6 heteroatoms. The summed E-state index contributed by atoms with van der Waals surface area (Å²) in [6.45, 7) is 0. The van der Waals surface area contributed by atoms with Gasteiger partial charge in [-0.1, -0.05) is 48.0 Å². The summed E-state index contributed by atoms with van der Waals surface area (Å²) in [4.78, 5) is 4.45. The van der Waals surface area contributed by atoms with Crippen molar-refractivity contribution in [2.45, 2.75) is 0 Å². The molecule has 0 fully saturated rings. The third kappa shape index (κ3) is 3.27. The Balaban J connectivity index is 1.72. The Hall–Kier alpha value is -2.37. The molecule has 0 saturated heterocycles. The molecule has 1 heterocycles. The van der Waals surface area contributed by atoms with E-state index >= 15 is 0 Å². The van der Waals surface area contributed by atoms with Crippen LogP contribution in [0.1, 0.15) is 5.56 Å². The largest absolute Gasteiger partial charge is 0.507 e. The minimum absolute atomic E-state index is 0.0853. The lowest BCUT2D eigenvalue weighted by atomic mass is 10.2. The lowest BCUT2D eigenvalue weighted by molar-refractivity contribution is 0.474. The summed E-state index contributed by atoms with van der Waals surface area (Å²) in [7, 11) is 0. The number of rotatable bonds is 4. The van der Waals surface area contributed by atoms with Gasteiger partial charge in [-0.15, -0.1) is 11.3 Å². The number of aromatic hydroxyl groups is 1. The molecule has 1 aromatic heterocycles. The van der Waals surface area contributed by atoms with Crippen molar-refractivity contribution in [1.29, 1.82) is 0 Å². The number of nitrogens with one attached hydrogen (secondary N) is 1. The number of hydrazone groups is 1. The van der Waals surface area contributed by atoms with Gasteiger partial charge in [0.05, 0.1) is 22.5 Å². The first kappa shape index (κ1) is 14.6.